The SMILES string of the molecule is CCNS(=O)(=O)NC1(CN)CCCC1. The van der Waals surface area contributed by atoms with E-state index in [9.17, 15) is 8.42 Å². The fraction of sp³-hybridized carbons (Fsp3) is 1.00. The molecule has 5 nitrogen and oxygen atoms in total. The largest absolute Gasteiger partial charge is 0.329 e. The maximum atomic E-state index is 11.5. The molecule has 1 saturated carbocycles. The van der Waals surface area contributed by atoms with Gasteiger partial charge < -0.3 is 5.73 Å². The van der Waals surface area contributed by atoms with Gasteiger partial charge in [-0.15, -0.1) is 0 Å². The summed E-state index contributed by atoms with van der Waals surface area (Å²) in [5.41, 5.74) is 5.22. The van der Waals surface area contributed by atoms with E-state index in [1.165, 1.54) is 0 Å². The zero-order valence-corrected chi connectivity index (χ0v) is 9.36. The van der Waals surface area contributed by atoms with Crippen molar-refractivity contribution in [1.82, 2.24) is 9.44 Å². The van der Waals surface area contributed by atoms with Gasteiger partial charge in [-0.2, -0.15) is 13.1 Å². The van der Waals surface area contributed by atoms with Crippen LogP contribution in [0.4, 0.5) is 0 Å². The first-order chi connectivity index (χ1) is 6.54. The molecule has 0 unspecified atom stereocenters. The molecule has 1 aliphatic rings. The molecule has 1 rings (SSSR count). The lowest BCUT2D eigenvalue weighted by atomic mass is 10.0. The normalized spacial score (nSPS) is 21.3. The molecule has 0 aliphatic heterocycles. The fourth-order valence-corrected chi connectivity index (χ4v) is 3.22. The molecule has 0 heterocycles. The molecule has 0 bridgehead atoms. The van der Waals surface area contributed by atoms with Crippen molar-refractivity contribution in [2.45, 2.75) is 38.1 Å². The predicted octanol–water partition coefficient (Wildman–Crippen LogP) is -0.298. The van der Waals surface area contributed by atoms with Crippen LogP contribution >= 0.6 is 0 Å². The molecule has 0 atom stereocenters. The Labute approximate surface area is 85.6 Å². The first kappa shape index (κ1) is 11.9. The second-order valence-corrected chi connectivity index (χ2v) is 5.29. The Morgan fingerprint density at radius 1 is 1.36 bits per heavy atom. The van der Waals surface area contributed by atoms with Gasteiger partial charge in [0.15, 0.2) is 0 Å². The third-order valence-corrected chi connectivity index (χ3v) is 4.01. The molecule has 84 valence electrons. The second kappa shape index (κ2) is 4.57. The molecule has 4 N–H and O–H groups in total. The molecule has 0 aromatic rings. The lowest BCUT2D eigenvalue weighted by Gasteiger charge is -2.28. The molecule has 1 fully saturated rings. The average molecular weight is 221 g/mol. The maximum absolute atomic E-state index is 11.5. The molecule has 14 heavy (non-hydrogen) atoms. The third kappa shape index (κ3) is 2.91. The van der Waals surface area contributed by atoms with Crippen molar-refractivity contribution >= 4 is 10.2 Å². The van der Waals surface area contributed by atoms with Crippen LogP contribution in [-0.2, 0) is 10.2 Å². The summed E-state index contributed by atoms with van der Waals surface area (Å²) in [5.74, 6) is 0. The number of rotatable bonds is 5. The molecule has 1 aliphatic carbocycles. The van der Waals surface area contributed by atoms with Gasteiger partial charge in [0.05, 0.1) is 0 Å². The van der Waals surface area contributed by atoms with Crippen LogP contribution < -0.4 is 15.2 Å². The van der Waals surface area contributed by atoms with Crippen molar-refractivity contribution < 1.29 is 8.42 Å². The fourth-order valence-electron chi connectivity index (χ4n) is 1.91. The Morgan fingerprint density at radius 3 is 2.36 bits per heavy atom. The van der Waals surface area contributed by atoms with Crippen LogP contribution in [0, 0.1) is 0 Å². The van der Waals surface area contributed by atoms with Gasteiger partial charge in [0.2, 0.25) is 0 Å². The highest BCUT2D eigenvalue weighted by Gasteiger charge is 2.35. The first-order valence-electron chi connectivity index (χ1n) is 5.02. The van der Waals surface area contributed by atoms with Crippen molar-refractivity contribution in [1.29, 1.82) is 0 Å². The highest BCUT2D eigenvalue weighted by atomic mass is 32.2. The quantitative estimate of drug-likeness (QED) is 0.596. The Hall–Kier alpha value is -0.170. The van der Waals surface area contributed by atoms with Gasteiger partial charge in [-0.1, -0.05) is 19.8 Å². The van der Waals surface area contributed by atoms with E-state index in [2.05, 4.69) is 9.44 Å². The molecule has 0 saturated heterocycles. The van der Waals surface area contributed by atoms with Gasteiger partial charge in [0, 0.05) is 18.6 Å². The molecular formula is C8H19N3O2S. The van der Waals surface area contributed by atoms with Crippen molar-refractivity contribution in [3.05, 3.63) is 0 Å². The monoisotopic (exact) mass is 221 g/mol. The number of hydrogen-bond acceptors (Lipinski definition) is 3. The molecular weight excluding hydrogens is 202 g/mol. The summed E-state index contributed by atoms with van der Waals surface area (Å²) in [7, 11) is -3.37. The van der Waals surface area contributed by atoms with E-state index in [0.717, 1.165) is 25.7 Å². The number of nitrogens with two attached hydrogens (primary N) is 1. The average Bonchev–Trinajstić information content (AvgIpc) is 2.53. The highest BCUT2D eigenvalue weighted by Crippen LogP contribution is 2.28. The highest BCUT2D eigenvalue weighted by molar-refractivity contribution is 7.87. The molecule has 6 heteroatoms. The summed E-state index contributed by atoms with van der Waals surface area (Å²) in [6, 6.07) is 0. The van der Waals surface area contributed by atoms with Crippen molar-refractivity contribution in [2.24, 2.45) is 5.73 Å². The Morgan fingerprint density at radius 2 is 1.93 bits per heavy atom. The van der Waals surface area contributed by atoms with E-state index >= 15 is 0 Å². The van der Waals surface area contributed by atoms with E-state index in [1.807, 2.05) is 0 Å². The zero-order chi connectivity index (χ0) is 10.7. The summed E-state index contributed by atoms with van der Waals surface area (Å²) in [6.07, 6.45) is 3.78. The topological polar surface area (TPSA) is 84.2 Å². The summed E-state index contributed by atoms with van der Waals surface area (Å²) in [6.45, 7) is 2.52. The van der Waals surface area contributed by atoms with E-state index in [4.69, 9.17) is 5.73 Å². The van der Waals surface area contributed by atoms with Crippen LogP contribution in [-0.4, -0.2) is 27.0 Å². The van der Waals surface area contributed by atoms with E-state index in [0.29, 0.717) is 13.1 Å². The Balaban J connectivity index is 2.64. The standard InChI is InChI=1S/C8H19N3O2S/c1-2-10-14(12,13)11-8(7-9)5-3-4-6-8/h10-11H,2-7,9H2,1H3. The van der Waals surface area contributed by atoms with Gasteiger partial charge in [-0.25, -0.2) is 4.72 Å². The van der Waals surface area contributed by atoms with Crippen LogP contribution in [0.5, 0.6) is 0 Å². The summed E-state index contributed by atoms with van der Waals surface area (Å²) < 4.78 is 28.0. The predicted molar refractivity (Wildman–Crippen MR) is 56.0 cm³/mol. The van der Waals surface area contributed by atoms with Gasteiger partial charge >= 0.3 is 0 Å². The second-order valence-electron chi connectivity index (χ2n) is 3.79. The van der Waals surface area contributed by atoms with Crippen LogP contribution in [0.25, 0.3) is 0 Å². The van der Waals surface area contributed by atoms with Gasteiger partial charge in [-0.3, -0.25) is 0 Å². The first-order valence-corrected chi connectivity index (χ1v) is 6.50. The van der Waals surface area contributed by atoms with E-state index < -0.39 is 15.7 Å². The van der Waals surface area contributed by atoms with E-state index in [1.54, 1.807) is 6.92 Å². The Kier molecular flexibility index (Phi) is 3.88. The van der Waals surface area contributed by atoms with Crippen LogP contribution in [0.3, 0.4) is 0 Å². The smallest absolute Gasteiger partial charge is 0.277 e. The van der Waals surface area contributed by atoms with Crippen molar-refractivity contribution in [2.75, 3.05) is 13.1 Å². The van der Waals surface area contributed by atoms with E-state index in [-0.39, 0.29) is 0 Å². The minimum absolute atomic E-state index is 0.373. The third-order valence-electron chi connectivity index (χ3n) is 2.64. The lowest BCUT2D eigenvalue weighted by Crippen LogP contribution is -2.54. The number of nitrogens with one attached hydrogen (secondary N) is 2. The van der Waals surface area contributed by atoms with Crippen LogP contribution in [0.2, 0.25) is 0 Å². The molecule has 0 spiro atoms. The summed E-state index contributed by atoms with van der Waals surface area (Å²) in [5, 5.41) is 0. The molecule has 0 aromatic heterocycles. The maximum Gasteiger partial charge on any atom is 0.277 e. The van der Waals surface area contributed by atoms with Gasteiger partial charge in [0.25, 0.3) is 10.2 Å². The van der Waals surface area contributed by atoms with Crippen LogP contribution in [0.1, 0.15) is 32.6 Å². The van der Waals surface area contributed by atoms with Crippen molar-refractivity contribution in [3.8, 4) is 0 Å². The number of hydrogen-bond donors (Lipinski definition) is 3. The zero-order valence-electron chi connectivity index (χ0n) is 8.54. The van der Waals surface area contributed by atoms with Crippen molar-refractivity contribution in [3.63, 3.8) is 0 Å². The van der Waals surface area contributed by atoms with Gasteiger partial charge in [0.1, 0.15) is 0 Å². The minimum atomic E-state index is -3.37. The lowest BCUT2D eigenvalue weighted by molar-refractivity contribution is 0.396. The summed E-state index contributed by atoms with van der Waals surface area (Å²) in [4.78, 5) is 0. The molecule has 0 amide bonds. The molecule has 0 aromatic carbocycles. The summed E-state index contributed by atoms with van der Waals surface area (Å²) >= 11 is 0. The molecule has 0 radical (unpaired) electrons. The van der Waals surface area contributed by atoms with Crippen LogP contribution in [0.15, 0.2) is 0 Å². The Bertz CT molecular complexity index is 270. The minimum Gasteiger partial charge on any atom is -0.329 e. The van der Waals surface area contributed by atoms with Gasteiger partial charge in [-0.05, 0) is 12.8 Å².